The van der Waals surface area contributed by atoms with Crippen molar-refractivity contribution in [3.05, 3.63) is 65.4 Å². The largest absolute Gasteiger partial charge is 0.361 e. The summed E-state index contributed by atoms with van der Waals surface area (Å²) in [5.74, 6) is -0.0570. The molecule has 3 rings (SSSR count). The van der Waals surface area contributed by atoms with Crippen LogP contribution in [0.3, 0.4) is 0 Å². The fourth-order valence-electron chi connectivity index (χ4n) is 2.61. The van der Waals surface area contributed by atoms with Gasteiger partial charge in [0, 0.05) is 23.1 Å². The van der Waals surface area contributed by atoms with Crippen LogP contribution in [0.1, 0.15) is 23.6 Å². The summed E-state index contributed by atoms with van der Waals surface area (Å²) in [7, 11) is 0. The number of aryl methyl sites for hydroxylation is 2. The van der Waals surface area contributed by atoms with Crippen LogP contribution >= 0.6 is 0 Å². The zero-order valence-corrected chi connectivity index (χ0v) is 12.2. The van der Waals surface area contributed by atoms with Crippen molar-refractivity contribution in [2.24, 2.45) is 0 Å². The second-order valence-corrected chi connectivity index (χ2v) is 5.21. The van der Waals surface area contributed by atoms with Gasteiger partial charge in [-0.3, -0.25) is 4.79 Å². The highest BCUT2D eigenvalue weighted by atomic mass is 16.2. The highest BCUT2D eigenvalue weighted by Gasteiger charge is 2.25. The van der Waals surface area contributed by atoms with Crippen LogP contribution in [-0.4, -0.2) is 5.91 Å². The van der Waals surface area contributed by atoms with Crippen molar-refractivity contribution in [1.29, 1.82) is 0 Å². The number of benzene rings is 2. The smallest absolute Gasteiger partial charge is 0.257 e. The summed E-state index contributed by atoms with van der Waals surface area (Å²) < 4.78 is 0. The molecule has 0 aliphatic carbocycles. The fourth-order valence-corrected chi connectivity index (χ4v) is 2.61. The Labute approximate surface area is 124 Å². The standard InChI is InChI=1S/C18H18N2O/c1-3-13-7-5-8-14(10-13)19-11-15-17-12(2)6-4-9-16(17)20-18(15)21/h4-11,19H,3H2,1-2H3,(H,20,21). The monoisotopic (exact) mass is 278 g/mol. The topological polar surface area (TPSA) is 41.1 Å². The molecule has 0 bridgehead atoms. The third-order valence-corrected chi connectivity index (χ3v) is 3.75. The van der Waals surface area contributed by atoms with Gasteiger partial charge in [0.05, 0.1) is 5.57 Å². The van der Waals surface area contributed by atoms with Crippen LogP contribution < -0.4 is 10.6 Å². The van der Waals surface area contributed by atoms with Gasteiger partial charge in [0.1, 0.15) is 0 Å². The molecule has 0 spiro atoms. The molecule has 3 heteroatoms. The minimum absolute atomic E-state index is 0.0570. The van der Waals surface area contributed by atoms with Gasteiger partial charge < -0.3 is 10.6 Å². The van der Waals surface area contributed by atoms with Crippen LogP contribution in [0.25, 0.3) is 5.57 Å². The number of anilines is 2. The van der Waals surface area contributed by atoms with E-state index in [2.05, 4.69) is 29.7 Å². The fraction of sp³-hybridized carbons (Fsp3) is 0.167. The van der Waals surface area contributed by atoms with Crippen molar-refractivity contribution in [3.63, 3.8) is 0 Å². The van der Waals surface area contributed by atoms with Crippen molar-refractivity contribution in [3.8, 4) is 0 Å². The first-order chi connectivity index (χ1) is 10.2. The van der Waals surface area contributed by atoms with E-state index in [1.54, 1.807) is 6.20 Å². The Morgan fingerprint density at radius 1 is 1.19 bits per heavy atom. The average Bonchev–Trinajstić information content (AvgIpc) is 2.82. The van der Waals surface area contributed by atoms with Gasteiger partial charge in [0.2, 0.25) is 0 Å². The summed E-state index contributed by atoms with van der Waals surface area (Å²) >= 11 is 0. The molecule has 0 fully saturated rings. The molecule has 0 saturated heterocycles. The van der Waals surface area contributed by atoms with Crippen LogP contribution in [0, 0.1) is 6.92 Å². The average molecular weight is 278 g/mol. The minimum Gasteiger partial charge on any atom is -0.361 e. The number of fused-ring (bicyclic) bond motifs is 1. The lowest BCUT2D eigenvalue weighted by molar-refractivity contribution is -0.110. The van der Waals surface area contributed by atoms with Crippen LogP contribution in [-0.2, 0) is 11.2 Å². The van der Waals surface area contributed by atoms with E-state index in [0.717, 1.165) is 28.9 Å². The Bertz CT molecular complexity index is 732. The first-order valence-electron chi connectivity index (χ1n) is 7.16. The van der Waals surface area contributed by atoms with Gasteiger partial charge in [-0.1, -0.05) is 31.2 Å². The predicted molar refractivity (Wildman–Crippen MR) is 87.2 cm³/mol. The van der Waals surface area contributed by atoms with Crippen molar-refractivity contribution in [2.75, 3.05) is 10.6 Å². The van der Waals surface area contributed by atoms with Crippen molar-refractivity contribution in [1.82, 2.24) is 0 Å². The van der Waals surface area contributed by atoms with Gasteiger partial charge in [-0.25, -0.2) is 0 Å². The normalized spacial score (nSPS) is 15.0. The molecule has 2 aromatic rings. The molecule has 1 aliphatic heterocycles. The molecule has 0 aromatic heterocycles. The van der Waals surface area contributed by atoms with E-state index in [9.17, 15) is 4.79 Å². The molecule has 21 heavy (non-hydrogen) atoms. The quantitative estimate of drug-likeness (QED) is 0.834. The van der Waals surface area contributed by atoms with Gasteiger partial charge in [0.15, 0.2) is 0 Å². The molecule has 1 aliphatic rings. The molecule has 3 nitrogen and oxygen atoms in total. The highest BCUT2D eigenvalue weighted by molar-refractivity contribution is 6.32. The van der Waals surface area contributed by atoms with Crippen LogP contribution in [0.15, 0.2) is 48.7 Å². The van der Waals surface area contributed by atoms with Crippen molar-refractivity contribution >= 4 is 22.9 Å². The maximum absolute atomic E-state index is 12.1. The third kappa shape index (κ3) is 2.55. The number of amides is 1. The number of hydrogen-bond acceptors (Lipinski definition) is 2. The number of carbonyl (C=O) groups is 1. The summed E-state index contributed by atoms with van der Waals surface area (Å²) in [6.45, 7) is 4.15. The van der Waals surface area contributed by atoms with Gasteiger partial charge >= 0.3 is 0 Å². The van der Waals surface area contributed by atoms with Crippen LogP contribution in [0.5, 0.6) is 0 Å². The maximum atomic E-state index is 12.1. The Morgan fingerprint density at radius 2 is 2.00 bits per heavy atom. The van der Waals surface area contributed by atoms with E-state index in [-0.39, 0.29) is 5.91 Å². The Balaban J connectivity index is 1.92. The molecule has 2 N–H and O–H groups in total. The molecular weight excluding hydrogens is 260 g/mol. The van der Waals surface area contributed by atoms with Gasteiger partial charge in [-0.15, -0.1) is 0 Å². The Hall–Kier alpha value is -2.55. The molecular formula is C18H18N2O. The van der Waals surface area contributed by atoms with E-state index < -0.39 is 0 Å². The van der Waals surface area contributed by atoms with E-state index in [1.807, 2.05) is 37.3 Å². The molecule has 1 amide bonds. The lowest BCUT2D eigenvalue weighted by atomic mass is 10.0. The van der Waals surface area contributed by atoms with E-state index in [0.29, 0.717) is 5.57 Å². The molecule has 106 valence electrons. The van der Waals surface area contributed by atoms with Crippen LogP contribution in [0.2, 0.25) is 0 Å². The Morgan fingerprint density at radius 3 is 2.81 bits per heavy atom. The molecule has 0 atom stereocenters. The zero-order chi connectivity index (χ0) is 14.8. The molecule has 2 aromatic carbocycles. The maximum Gasteiger partial charge on any atom is 0.257 e. The molecule has 1 heterocycles. The van der Waals surface area contributed by atoms with Gasteiger partial charge in [-0.2, -0.15) is 0 Å². The number of carbonyl (C=O) groups excluding carboxylic acids is 1. The molecule has 0 radical (unpaired) electrons. The van der Waals surface area contributed by atoms with Gasteiger partial charge in [-0.05, 0) is 42.7 Å². The summed E-state index contributed by atoms with van der Waals surface area (Å²) in [5, 5.41) is 6.14. The van der Waals surface area contributed by atoms with E-state index >= 15 is 0 Å². The van der Waals surface area contributed by atoms with E-state index in [4.69, 9.17) is 0 Å². The lowest BCUT2D eigenvalue weighted by Gasteiger charge is -2.06. The number of hydrogen-bond donors (Lipinski definition) is 2. The third-order valence-electron chi connectivity index (χ3n) is 3.75. The predicted octanol–water partition coefficient (Wildman–Crippen LogP) is 3.96. The second kappa shape index (κ2) is 5.44. The lowest BCUT2D eigenvalue weighted by Crippen LogP contribution is -2.05. The van der Waals surface area contributed by atoms with Crippen molar-refractivity contribution in [2.45, 2.75) is 20.3 Å². The minimum atomic E-state index is -0.0570. The first-order valence-corrected chi connectivity index (χ1v) is 7.16. The highest BCUT2D eigenvalue weighted by Crippen LogP contribution is 2.34. The summed E-state index contributed by atoms with van der Waals surface area (Å²) in [6.07, 6.45) is 2.79. The van der Waals surface area contributed by atoms with E-state index in [1.165, 1.54) is 5.56 Å². The molecule has 0 saturated carbocycles. The van der Waals surface area contributed by atoms with Crippen molar-refractivity contribution < 1.29 is 4.79 Å². The summed E-state index contributed by atoms with van der Waals surface area (Å²) in [6, 6.07) is 14.1. The first kappa shape index (κ1) is 13.4. The van der Waals surface area contributed by atoms with Crippen LogP contribution in [0.4, 0.5) is 11.4 Å². The second-order valence-electron chi connectivity index (χ2n) is 5.21. The number of rotatable bonds is 3. The summed E-state index contributed by atoms with van der Waals surface area (Å²) in [4.78, 5) is 12.1. The SMILES string of the molecule is CCc1cccc(NC=C2C(=O)Nc3cccc(C)c32)c1. The summed E-state index contributed by atoms with van der Waals surface area (Å²) in [5.41, 5.74) is 5.92. The Kier molecular flexibility index (Phi) is 3.48. The van der Waals surface area contributed by atoms with Gasteiger partial charge in [0.25, 0.3) is 5.91 Å². The number of nitrogens with one attached hydrogen (secondary N) is 2. The molecule has 0 unspecified atom stereocenters. The zero-order valence-electron chi connectivity index (χ0n) is 12.2.